The van der Waals surface area contributed by atoms with Gasteiger partial charge in [-0.2, -0.15) is 0 Å². The minimum atomic E-state index is -2.97. The van der Waals surface area contributed by atoms with Gasteiger partial charge in [-0.05, 0) is 34.6 Å². The summed E-state index contributed by atoms with van der Waals surface area (Å²) in [6, 6.07) is 13.2. The topological polar surface area (TPSA) is 92.3 Å². The van der Waals surface area contributed by atoms with E-state index in [1.54, 1.807) is 0 Å². The molecular formula is C22H28N2O4S. The number of amides is 2. The third kappa shape index (κ3) is 5.79. The average molecular weight is 417 g/mol. The Labute approximate surface area is 172 Å². The summed E-state index contributed by atoms with van der Waals surface area (Å²) in [5, 5.41) is 7.84. The van der Waals surface area contributed by atoms with Crippen LogP contribution in [0.1, 0.15) is 25.8 Å². The highest BCUT2D eigenvalue weighted by Crippen LogP contribution is 2.18. The Balaban J connectivity index is 1.57. The summed E-state index contributed by atoms with van der Waals surface area (Å²) in [7, 11) is -2.97. The zero-order chi connectivity index (χ0) is 21.0. The largest absolute Gasteiger partial charge is 0.354 e. The van der Waals surface area contributed by atoms with Gasteiger partial charge in [0.2, 0.25) is 11.8 Å². The monoisotopic (exact) mass is 416 g/mol. The lowest BCUT2D eigenvalue weighted by Gasteiger charge is -2.22. The van der Waals surface area contributed by atoms with Gasteiger partial charge < -0.3 is 10.6 Å². The first-order valence-corrected chi connectivity index (χ1v) is 11.8. The van der Waals surface area contributed by atoms with Gasteiger partial charge in [0.1, 0.15) is 6.04 Å². The van der Waals surface area contributed by atoms with Crippen molar-refractivity contribution < 1.29 is 18.0 Å². The second kappa shape index (κ2) is 8.95. The first-order valence-electron chi connectivity index (χ1n) is 9.99. The van der Waals surface area contributed by atoms with E-state index in [4.69, 9.17) is 0 Å². The Morgan fingerprint density at radius 3 is 2.48 bits per heavy atom. The minimum Gasteiger partial charge on any atom is -0.354 e. The molecule has 1 fully saturated rings. The van der Waals surface area contributed by atoms with Gasteiger partial charge in [0.05, 0.1) is 17.9 Å². The number of carbonyl (C=O) groups is 2. The molecule has 1 heterocycles. The van der Waals surface area contributed by atoms with Gasteiger partial charge in [-0.25, -0.2) is 8.42 Å². The number of nitrogens with one attached hydrogen (secondary N) is 2. The summed E-state index contributed by atoms with van der Waals surface area (Å²) in [5.74, 6) is -0.306. The van der Waals surface area contributed by atoms with Crippen molar-refractivity contribution in [3.8, 4) is 0 Å². The second-order valence-electron chi connectivity index (χ2n) is 8.16. The first kappa shape index (κ1) is 21.3. The van der Waals surface area contributed by atoms with E-state index in [2.05, 4.69) is 10.6 Å². The van der Waals surface area contributed by atoms with E-state index in [1.807, 2.05) is 56.3 Å². The Kier molecular flexibility index (Phi) is 6.57. The molecule has 2 atom stereocenters. The lowest BCUT2D eigenvalue weighted by atomic mass is 10.0. The van der Waals surface area contributed by atoms with E-state index >= 15 is 0 Å². The molecule has 0 aromatic heterocycles. The van der Waals surface area contributed by atoms with E-state index in [0.29, 0.717) is 13.0 Å². The summed E-state index contributed by atoms with van der Waals surface area (Å²) in [6.45, 7) is 4.07. The second-order valence-corrected chi connectivity index (χ2v) is 10.4. The maximum Gasteiger partial charge on any atom is 0.242 e. The van der Waals surface area contributed by atoms with E-state index in [1.165, 1.54) is 0 Å². The number of benzene rings is 2. The van der Waals surface area contributed by atoms with E-state index in [-0.39, 0.29) is 41.6 Å². The number of hydrogen-bond acceptors (Lipinski definition) is 4. The fourth-order valence-corrected chi connectivity index (χ4v) is 5.54. The predicted molar refractivity (Wildman–Crippen MR) is 114 cm³/mol. The summed E-state index contributed by atoms with van der Waals surface area (Å²) < 4.78 is 23.1. The van der Waals surface area contributed by atoms with Crippen molar-refractivity contribution in [2.24, 2.45) is 11.8 Å². The number of fused-ring (bicyclic) bond motifs is 1. The quantitative estimate of drug-likeness (QED) is 0.723. The third-order valence-electron chi connectivity index (χ3n) is 5.34. The standard InChI is InChI=1S/C22H28N2O4S/c1-15(2)21(22(26)23-13-17-9-10-29(27,28)14-17)24-20(25)12-16-7-8-18-5-3-4-6-19(18)11-16/h3-8,11,15,17,21H,9-10,12-14H2,1-2H3,(H,23,26)(H,24,25). The number of carbonyl (C=O) groups excluding carboxylic acids is 2. The summed E-state index contributed by atoms with van der Waals surface area (Å²) in [6.07, 6.45) is 0.769. The molecular weight excluding hydrogens is 388 g/mol. The molecule has 1 aliphatic heterocycles. The van der Waals surface area contributed by atoms with Crippen LogP contribution in [0, 0.1) is 11.8 Å². The fourth-order valence-electron chi connectivity index (χ4n) is 3.68. The first-order chi connectivity index (χ1) is 13.7. The molecule has 2 N–H and O–H groups in total. The highest BCUT2D eigenvalue weighted by molar-refractivity contribution is 7.91. The molecule has 0 aliphatic carbocycles. The van der Waals surface area contributed by atoms with Crippen LogP contribution in [-0.4, -0.2) is 44.3 Å². The number of rotatable bonds is 7. The molecule has 1 saturated heterocycles. The molecule has 1 aliphatic rings. The molecule has 3 rings (SSSR count). The van der Waals surface area contributed by atoms with Crippen LogP contribution in [0.25, 0.3) is 10.8 Å². The summed E-state index contributed by atoms with van der Waals surface area (Å²) >= 11 is 0. The van der Waals surface area contributed by atoms with Crippen molar-refractivity contribution in [3.05, 3.63) is 48.0 Å². The molecule has 0 bridgehead atoms. The normalized spacial score (nSPS) is 19.2. The smallest absolute Gasteiger partial charge is 0.242 e. The maximum atomic E-state index is 12.6. The van der Waals surface area contributed by atoms with Gasteiger partial charge >= 0.3 is 0 Å². The van der Waals surface area contributed by atoms with Crippen molar-refractivity contribution in [1.29, 1.82) is 0 Å². The number of hydrogen-bond donors (Lipinski definition) is 2. The molecule has 2 aromatic rings. The zero-order valence-electron chi connectivity index (χ0n) is 16.9. The molecule has 0 spiro atoms. The van der Waals surface area contributed by atoms with Crippen LogP contribution in [0.5, 0.6) is 0 Å². The van der Waals surface area contributed by atoms with Crippen molar-refractivity contribution in [1.82, 2.24) is 10.6 Å². The maximum absolute atomic E-state index is 12.6. The molecule has 2 aromatic carbocycles. The summed E-state index contributed by atoms with van der Waals surface area (Å²) in [4.78, 5) is 25.1. The van der Waals surface area contributed by atoms with Crippen LogP contribution in [0.15, 0.2) is 42.5 Å². The molecule has 0 saturated carbocycles. The average Bonchev–Trinajstić information content (AvgIpc) is 3.02. The molecule has 6 nitrogen and oxygen atoms in total. The van der Waals surface area contributed by atoms with Gasteiger partial charge in [0, 0.05) is 6.54 Å². The predicted octanol–water partition coefficient (Wildman–Crippen LogP) is 2.07. The van der Waals surface area contributed by atoms with Gasteiger partial charge in [-0.15, -0.1) is 0 Å². The summed E-state index contributed by atoms with van der Waals surface area (Å²) in [5.41, 5.74) is 0.889. The van der Waals surface area contributed by atoms with Crippen molar-refractivity contribution >= 4 is 32.4 Å². The molecule has 29 heavy (non-hydrogen) atoms. The lowest BCUT2D eigenvalue weighted by molar-refractivity contribution is -0.129. The third-order valence-corrected chi connectivity index (χ3v) is 7.17. The molecule has 156 valence electrons. The van der Waals surface area contributed by atoms with E-state index in [9.17, 15) is 18.0 Å². The van der Waals surface area contributed by atoms with Crippen LogP contribution in [0.4, 0.5) is 0 Å². The van der Waals surface area contributed by atoms with Crippen LogP contribution < -0.4 is 10.6 Å². The van der Waals surface area contributed by atoms with Crippen LogP contribution in [0.3, 0.4) is 0 Å². The molecule has 2 amide bonds. The van der Waals surface area contributed by atoms with Crippen molar-refractivity contribution in [3.63, 3.8) is 0 Å². The number of sulfone groups is 1. The van der Waals surface area contributed by atoms with Crippen molar-refractivity contribution in [2.45, 2.75) is 32.7 Å². The lowest BCUT2D eigenvalue weighted by Crippen LogP contribution is -2.50. The Hall–Kier alpha value is -2.41. The van der Waals surface area contributed by atoms with E-state index in [0.717, 1.165) is 16.3 Å². The fraction of sp³-hybridized carbons (Fsp3) is 0.455. The van der Waals surface area contributed by atoms with Crippen molar-refractivity contribution in [2.75, 3.05) is 18.1 Å². The SMILES string of the molecule is CC(C)C(NC(=O)Cc1ccc2ccccc2c1)C(=O)NCC1CCS(=O)(=O)C1. The van der Waals surface area contributed by atoms with Crippen LogP contribution in [-0.2, 0) is 25.8 Å². The van der Waals surface area contributed by atoms with E-state index < -0.39 is 15.9 Å². The Morgan fingerprint density at radius 1 is 1.10 bits per heavy atom. The molecule has 7 heteroatoms. The highest BCUT2D eigenvalue weighted by atomic mass is 32.2. The highest BCUT2D eigenvalue weighted by Gasteiger charge is 2.30. The van der Waals surface area contributed by atoms with Crippen LogP contribution >= 0.6 is 0 Å². The van der Waals surface area contributed by atoms with Crippen LogP contribution in [0.2, 0.25) is 0 Å². The van der Waals surface area contributed by atoms with Gasteiger partial charge in [0.15, 0.2) is 9.84 Å². The zero-order valence-corrected chi connectivity index (χ0v) is 17.7. The van der Waals surface area contributed by atoms with Gasteiger partial charge in [-0.3, -0.25) is 9.59 Å². The molecule has 0 radical (unpaired) electrons. The molecule has 2 unspecified atom stereocenters. The Morgan fingerprint density at radius 2 is 1.83 bits per heavy atom. The minimum absolute atomic E-state index is 0.0509. The van der Waals surface area contributed by atoms with Gasteiger partial charge in [0.25, 0.3) is 0 Å². The Bertz CT molecular complexity index is 1000. The van der Waals surface area contributed by atoms with Gasteiger partial charge in [-0.1, -0.05) is 56.3 Å².